The fraction of sp³-hybridized carbons (Fsp3) is 0.300. The molecule has 1 atom stereocenters. The monoisotopic (exact) mass is 374 g/mol. The molecule has 0 aliphatic carbocycles. The summed E-state index contributed by atoms with van der Waals surface area (Å²) < 4.78 is 5.61. The van der Waals surface area contributed by atoms with E-state index in [0.29, 0.717) is 16.7 Å². The van der Waals surface area contributed by atoms with E-state index in [1.165, 1.54) is 0 Å². The first-order chi connectivity index (χ1) is 12.5. The minimum Gasteiger partial charge on any atom is -0.483 e. The van der Waals surface area contributed by atoms with Crippen molar-refractivity contribution >= 4 is 23.4 Å². The Balaban J connectivity index is 1.79. The Morgan fingerprint density at radius 2 is 1.69 bits per heavy atom. The lowest BCUT2D eigenvalue weighted by atomic mass is 9.98. The van der Waals surface area contributed by atoms with E-state index >= 15 is 0 Å². The molecule has 0 aromatic heterocycles. The van der Waals surface area contributed by atoms with E-state index in [9.17, 15) is 9.59 Å². The summed E-state index contributed by atoms with van der Waals surface area (Å²) in [6, 6.07) is 14.6. The summed E-state index contributed by atoms with van der Waals surface area (Å²) in [5.41, 5.74) is 6.61. The number of ether oxygens (including phenoxy) is 1. The van der Waals surface area contributed by atoms with Crippen LogP contribution in [0.25, 0.3) is 0 Å². The molecule has 5 nitrogen and oxygen atoms in total. The predicted octanol–water partition coefficient (Wildman–Crippen LogP) is 3.62. The van der Waals surface area contributed by atoms with Crippen LogP contribution in [0.3, 0.4) is 0 Å². The van der Waals surface area contributed by atoms with Gasteiger partial charge >= 0.3 is 0 Å². The Labute approximate surface area is 158 Å². The van der Waals surface area contributed by atoms with Gasteiger partial charge in [-0.05, 0) is 41.7 Å². The molecule has 0 bridgehead atoms. The zero-order valence-corrected chi connectivity index (χ0v) is 15.7. The summed E-state index contributed by atoms with van der Waals surface area (Å²) in [5.74, 6) is 0.284. The second-order valence-electron chi connectivity index (χ2n) is 6.04. The Hall–Kier alpha value is -2.53. The van der Waals surface area contributed by atoms with Gasteiger partial charge in [-0.3, -0.25) is 20.4 Å². The van der Waals surface area contributed by atoms with Gasteiger partial charge in [0.15, 0.2) is 6.61 Å². The van der Waals surface area contributed by atoms with Gasteiger partial charge in [-0.25, -0.2) is 0 Å². The fourth-order valence-corrected chi connectivity index (χ4v) is 2.52. The van der Waals surface area contributed by atoms with E-state index in [4.69, 9.17) is 16.3 Å². The number of halogens is 1. The molecule has 0 heterocycles. The first-order valence-electron chi connectivity index (χ1n) is 8.53. The minimum atomic E-state index is -0.423. The van der Waals surface area contributed by atoms with Crippen LogP contribution in [-0.2, 0) is 16.0 Å². The zero-order chi connectivity index (χ0) is 18.9. The quantitative estimate of drug-likeness (QED) is 0.727. The molecule has 26 heavy (non-hydrogen) atoms. The van der Waals surface area contributed by atoms with Gasteiger partial charge in [0.2, 0.25) is 5.91 Å². The smallest absolute Gasteiger partial charge is 0.276 e. The van der Waals surface area contributed by atoms with E-state index in [-0.39, 0.29) is 18.9 Å². The summed E-state index contributed by atoms with van der Waals surface area (Å²) in [4.78, 5) is 23.8. The molecule has 2 N–H and O–H groups in total. The Morgan fingerprint density at radius 1 is 1.04 bits per heavy atom. The molecule has 2 rings (SSSR count). The molecule has 0 fully saturated rings. The number of para-hydroxylation sites is 1. The standard InChI is InChI=1S/C20H23ClN2O3/c1-3-14(2)17-6-4-5-7-18(17)26-13-20(25)23-22-19(24)12-15-8-10-16(21)11-9-15/h4-11,14H,3,12-13H2,1-2H3,(H,22,24)(H,23,25). The Bertz CT molecular complexity index is 747. The third kappa shape index (κ3) is 6.08. The molecule has 0 spiro atoms. The van der Waals surface area contributed by atoms with Gasteiger partial charge in [-0.2, -0.15) is 0 Å². The van der Waals surface area contributed by atoms with Gasteiger partial charge in [0.05, 0.1) is 6.42 Å². The predicted molar refractivity (Wildman–Crippen MR) is 102 cm³/mol. The molecule has 1 unspecified atom stereocenters. The van der Waals surface area contributed by atoms with Crippen molar-refractivity contribution in [3.63, 3.8) is 0 Å². The van der Waals surface area contributed by atoms with Crippen molar-refractivity contribution in [3.05, 3.63) is 64.7 Å². The Morgan fingerprint density at radius 3 is 2.38 bits per heavy atom. The lowest BCUT2D eigenvalue weighted by Gasteiger charge is -2.15. The van der Waals surface area contributed by atoms with Crippen LogP contribution in [0, 0.1) is 0 Å². The van der Waals surface area contributed by atoms with Crippen molar-refractivity contribution in [1.82, 2.24) is 10.9 Å². The number of rotatable bonds is 7. The van der Waals surface area contributed by atoms with E-state index in [0.717, 1.165) is 17.5 Å². The maximum Gasteiger partial charge on any atom is 0.276 e. The molecule has 0 radical (unpaired) electrons. The molecular formula is C20H23ClN2O3. The number of amides is 2. The van der Waals surface area contributed by atoms with Crippen molar-refractivity contribution < 1.29 is 14.3 Å². The van der Waals surface area contributed by atoms with Crippen LogP contribution in [0.2, 0.25) is 5.02 Å². The van der Waals surface area contributed by atoms with Gasteiger partial charge in [0.25, 0.3) is 5.91 Å². The molecule has 6 heteroatoms. The van der Waals surface area contributed by atoms with Crippen molar-refractivity contribution in [3.8, 4) is 5.75 Å². The number of benzene rings is 2. The molecule has 0 saturated carbocycles. The van der Waals surface area contributed by atoms with Crippen LogP contribution in [-0.4, -0.2) is 18.4 Å². The van der Waals surface area contributed by atoms with Crippen LogP contribution >= 0.6 is 11.6 Å². The largest absolute Gasteiger partial charge is 0.483 e. The topological polar surface area (TPSA) is 67.4 Å². The molecule has 2 aromatic rings. The number of hydrogen-bond acceptors (Lipinski definition) is 3. The van der Waals surface area contributed by atoms with E-state index in [1.807, 2.05) is 24.3 Å². The van der Waals surface area contributed by atoms with E-state index in [2.05, 4.69) is 24.7 Å². The van der Waals surface area contributed by atoms with Crippen molar-refractivity contribution in [2.75, 3.05) is 6.61 Å². The third-order valence-electron chi connectivity index (χ3n) is 4.04. The van der Waals surface area contributed by atoms with Crippen LogP contribution in [0.15, 0.2) is 48.5 Å². The molecule has 2 amide bonds. The van der Waals surface area contributed by atoms with Gasteiger partial charge in [-0.1, -0.05) is 55.8 Å². The van der Waals surface area contributed by atoms with Gasteiger partial charge in [-0.15, -0.1) is 0 Å². The maximum absolute atomic E-state index is 11.9. The summed E-state index contributed by atoms with van der Waals surface area (Å²) in [5, 5.41) is 0.609. The molecule has 0 aliphatic rings. The first kappa shape index (κ1) is 19.8. The van der Waals surface area contributed by atoms with Crippen LogP contribution in [0.4, 0.5) is 0 Å². The average molecular weight is 375 g/mol. The number of hydrogen-bond donors (Lipinski definition) is 2. The fourth-order valence-electron chi connectivity index (χ4n) is 2.39. The van der Waals surface area contributed by atoms with E-state index < -0.39 is 5.91 Å². The summed E-state index contributed by atoms with van der Waals surface area (Å²) in [7, 11) is 0. The van der Waals surface area contributed by atoms with Crippen molar-refractivity contribution in [2.24, 2.45) is 0 Å². The first-order valence-corrected chi connectivity index (χ1v) is 8.91. The van der Waals surface area contributed by atoms with Crippen LogP contribution in [0.1, 0.15) is 37.3 Å². The van der Waals surface area contributed by atoms with Crippen molar-refractivity contribution in [1.29, 1.82) is 0 Å². The highest BCUT2D eigenvalue weighted by Gasteiger charge is 2.11. The number of carbonyl (C=O) groups excluding carboxylic acids is 2. The average Bonchev–Trinajstić information content (AvgIpc) is 2.66. The zero-order valence-electron chi connectivity index (χ0n) is 14.9. The van der Waals surface area contributed by atoms with Crippen molar-refractivity contribution in [2.45, 2.75) is 32.6 Å². The van der Waals surface area contributed by atoms with Crippen LogP contribution < -0.4 is 15.6 Å². The molecule has 0 aliphatic heterocycles. The lowest BCUT2D eigenvalue weighted by molar-refractivity contribution is -0.129. The number of hydrazine groups is 1. The number of carbonyl (C=O) groups is 2. The molecule has 138 valence electrons. The summed E-state index contributed by atoms with van der Waals surface area (Å²) >= 11 is 5.80. The number of nitrogens with one attached hydrogen (secondary N) is 2. The van der Waals surface area contributed by atoms with Gasteiger partial charge in [0.1, 0.15) is 5.75 Å². The second kappa shape index (κ2) is 9.82. The SMILES string of the molecule is CCC(C)c1ccccc1OCC(=O)NNC(=O)Cc1ccc(Cl)cc1. The lowest BCUT2D eigenvalue weighted by Crippen LogP contribution is -2.44. The van der Waals surface area contributed by atoms with Crippen LogP contribution in [0.5, 0.6) is 5.75 Å². The Kier molecular flexibility index (Phi) is 7.48. The third-order valence-corrected chi connectivity index (χ3v) is 4.29. The molecule has 2 aromatic carbocycles. The minimum absolute atomic E-state index is 0.148. The maximum atomic E-state index is 11.9. The van der Waals surface area contributed by atoms with Gasteiger partial charge < -0.3 is 4.74 Å². The highest BCUT2D eigenvalue weighted by molar-refractivity contribution is 6.30. The molecular weight excluding hydrogens is 352 g/mol. The summed E-state index contributed by atoms with van der Waals surface area (Å²) in [6.45, 7) is 4.04. The second-order valence-corrected chi connectivity index (χ2v) is 6.47. The van der Waals surface area contributed by atoms with Gasteiger partial charge in [0, 0.05) is 5.02 Å². The highest BCUT2D eigenvalue weighted by atomic mass is 35.5. The summed E-state index contributed by atoms with van der Waals surface area (Å²) in [6.07, 6.45) is 1.13. The normalized spacial score (nSPS) is 11.5. The van der Waals surface area contributed by atoms with E-state index in [1.54, 1.807) is 24.3 Å². The molecule has 0 saturated heterocycles. The highest BCUT2D eigenvalue weighted by Crippen LogP contribution is 2.28.